The van der Waals surface area contributed by atoms with Crippen LogP contribution < -0.4 is 25.4 Å². The number of carbonyl (C=O) groups is 8. The highest BCUT2D eigenvalue weighted by molar-refractivity contribution is 5.96. The van der Waals surface area contributed by atoms with Gasteiger partial charge >= 0.3 is 29.8 Å². The Morgan fingerprint density at radius 1 is 0.625 bits per heavy atom. The molecule has 6 atom stereocenters. The summed E-state index contributed by atoms with van der Waals surface area (Å²) in [6.45, 7) is 17.1. The molecule has 0 radical (unpaired) electrons. The summed E-state index contributed by atoms with van der Waals surface area (Å²) < 4.78 is 12.5. The minimum Gasteiger partial charge on any atom is -0.487 e. The second-order valence-electron chi connectivity index (χ2n) is 18.5. The fourth-order valence-corrected chi connectivity index (χ4v) is 8.07. The van der Waals surface area contributed by atoms with Crippen LogP contribution in [0.25, 0.3) is 0 Å². The highest BCUT2D eigenvalue weighted by Gasteiger charge is 2.35. The van der Waals surface area contributed by atoms with Gasteiger partial charge in [0.2, 0.25) is 17.7 Å². The van der Waals surface area contributed by atoms with Crippen LogP contribution >= 0.6 is 0 Å². The zero-order valence-electron chi connectivity index (χ0n) is 39.1. The van der Waals surface area contributed by atoms with E-state index in [0.717, 1.165) is 65.9 Å². The van der Waals surface area contributed by atoms with Crippen molar-refractivity contribution in [2.75, 3.05) is 0 Å². The van der Waals surface area contributed by atoms with Crippen LogP contribution in [0.3, 0.4) is 0 Å². The molecule has 1 heterocycles. The molecule has 7 N–H and O–H groups in total. The lowest BCUT2D eigenvalue weighted by atomic mass is 9.84. The van der Waals surface area contributed by atoms with E-state index in [0.29, 0.717) is 17.7 Å². The summed E-state index contributed by atoms with van der Waals surface area (Å²) in [5, 5.41) is 42.7. The van der Waals surface area contributed by atoms with Gasteiger partial charge in [0, 0.05) is 12.0 Å². The van der Waals surface area contributed by atoms with Gasteiger partial charge in [-0.1, -0.05) is 85.5 Å². The standard InChI is InChI=1S/C47H73N3O14/c1-27(2)14-12-16-29(4)18-13-17-28(3)15-10-9-11-22-47(8)23-21-33-32(7)42(30(5)31(6)43(33)64-47)63-41(57)20-19-37(51)48-34(44(58)50-36(46(61)62)26-40(55)56)24-38(52)49-35(45(59)60)25-39(53)54/h27-29,34-36H,9-26H2,1-8H3,(H,48,51)(H,49,52)(H,50,58)(H,53,54)(H,55,56)(H,59,60)(H,61,62)/t28-,29+,34?,35?,36?,47-/m0/s1. The van der Waals surface area contributed by atoms with E-state index in [1.165, 1.54) is 51.4 Å². The van der Waals surface area contributed by atoms with Gasteiger partial charge in [0.15, 0.2) is 0 Å². The molecule has 0 aromatic heterocycles. The van der Waals surface area contributed by atoms with Crippen LogP contribution in [0.1, 0.15) is 166 Å². The first-order valence-electron chi connectivity index (χ1n) is 22.7. The first kappa shape index (κ1) is 54.9. The first-order chi connectivity index (χ1) is 29.9. The van der Waals surface area contributed by atoms with E-state index in [2.05, 4.69) is 39.9 Å². The van der Waals surface area contributed by atoms with Crippen molar-refractivity contribution >= 4 is 47.6 Å². The van der Waals surface area contributed by atoms with Gasteiger partial charge in [0.1, 0.15) is 35.2 Å². The summed E-state index contributed by atoms with van der Waals surface area (Å²) in [7, 11) is 0. The van der Waals surface area contributed by atoms with Crippen molar-refractivity contribution in [1.29, 1.82) is 0 Å². The van der Waals surface area contributed by atoms with Crippen molar-refractivity contribution in [2.45, 2.75) is 195 Å². The number of nitrogens with one attached hydrogen (secondary N) is 3. The molecule has 1 aliphatic heterocycles. The van der Waals surface area contributed by atoms with Gasteiger partial charge in [0.25, 0.3) is 0 Å². The fourth-order valence-electron chi connectivity index (χ4n) is 8.07. The van der Waals surface area contributed by atoms with Gasteiger partial charge in [-0.05, 0) is 87.8 Å². The number of benzene rings is 1. The van der Waals surface area contributed by atoms with Crippen molar-refractivity contribution in [3.05, 3.63) is 22.3 Å². The zero-order valence-corrected chi connectivity index (χ0v) is 39.1. The van der Waals surface area contributed by atoms with Crippen LogP contribution in [-0.2, 0) is 44.8 Å². The smallest absolute Gasteiger partial charge is 0.326 e. The van der Waals surface area contributed by atoms with Crippen LogP contribution in [0.15, 0.2) is 0 Å². The van der Waals surface area contributed by atoms with Gasteiger partial charge in [-0.3, -0.25) is 28.8 Å². The van der Waals surface area contributed by atoms with Crippen LogP contribution in [-0.4, -0.2) is 91.7 Å². The third kappa shape index (κ3) is 19.3. The average Bonchev–Trinajstić information content (AvgIpc) is 3.19. The Labute approximate surface area is 377 Å². The molecule has 64 heavy (non-hydrogen) atoms. The Hall–Kier alpha value is -5.22. The Morgan fingerprint density at radius 2 is 1.16 bits per heavy atom. The van der Waals surface area contributed by atoms with Gasteiger partial charge in [-0.2, -0.15) is 0 Å². The molecule has 0 spiro atoms. The van der Waals surface area contributed by atoms with Gasteiger partial charge in [-0.15, -0.1) is 0 Å². The number of fused-ring (bicyclic) bond motifs is 1. The molecule has 1 aromatic rings. The summed E-state index contributed by atoms with van der Waals surface area (Å²) in [5.74, 6) is -7.37. The third-order valence-electron chi connectivity index (χ3n) is 12.2. The summed E-state index contributed by atoms with van der Waals surface area (Å²) in [6.07, 6.45) is 10.9. The van der Waals surface area contributed by atoms with E-state index in [1.54, 1.807) is 0 Å². The second-order valence-corrected chi connectivity index (χ2v) is 18.5. The maximum atomic E-state index is 13.1. The van der Waals surface area contributed by atoms with Gasteiger partial charge in [-0.25, -0.2) is 9.59 Å². The number of hydrogen-bond donors (Lipinski definition) is 7. The van der Waals surface area contributed by atoms with Crippen molar-refractivity contribution in [1.82, 2.24) is 16.0 Å². The molecule has 3 unspecified atom stereocenters. The van der Waals surface area contributed by atoms with Crippen LogP contribution in [0.5, 0.6) is 11.5 Å². The molecule has 0 saturated heterocycles. The largest absolute Gasteiger partial charge is 0.487 e. The summed E-state index contributed by atoms with van der Waals surface area (Å²) >= 11 is 0. The molecule has 0 aliphatic carbocycles. The number of ether oxygens (including phenoxy) is 2. The molecule has 17 nitrogen and oxygen atoms in total. The van der Waals surface area contributed by atoms with Crippen molar-refractivity contribution in [3.63, 3.8) is 0 Å². The Morgan fingerprint density at radius 3 is 1.70 bits per heavy atom. The van der Waals surface area contributed by atoms with Crippen molar-refractivity contribution in [2.24, 2.45) is 17.8 Å². The van der Waals surface area contributed by atoms with Crippen molar-refractivity contribution in [3.8, 4) is 11.5 Å². The summed E-state index contributed by atoms with van der Waals surface area (Å²) in [4.78, 5) is 97.2. The Kier molecular flexibility index (Phi) is 22.8. The monoisotopic (exact) mass is 904 g/mol. The fraction of sp³-hybridized carbons (Fsp3) is 0.702. The number of carboxylic acid groups (broad SMARTS) is 4. The minimum atomic E-state index is -1.96. The average molecular weight is 904 g/mol. The van der Waals surface area contributed by atoms with Crippen LogP contribution in [0.2, 0.25) is 0 Å². The van der Waals surface area contributed by atoms with Crippen LogP contribution in [0.4, 0.5) is 0 Å². The first-order valence-corrected chi connectivity index (χ1v) is 22.7. The maximum Gasteiger partial charge on any atom is 0.326 e. The summed E-state index contributed by atoms with van der Waals surface area (Å²) in [5.41, 5.74) is 2.86. The number of carboxylic acids is 4. The molecule has 0 bridgehead atoms. The summed E-state index contributed by atoms with van der Waals surface area (Å²) in [6, 6.07) is -5.74. The van der Waals surface area contributed by atoms with E-state index in [9.17, 15) is 48.6 Å². The van der Waals surface area contributed by atoms with E-state index in [4.69, 9.17) is 19.7 Å². The van der Waals surface area contributed by atoms with E-state index in [-0.39, 0.29) is 5.60 Å². The molecular formula is C47H73N3O14. The number of esters is 1. The number of aliphatic carboxylic acids is 4. The Bertz CT molecular complexity index is 1810. The quantitative estimate of drug-likeness (QED) is 0.0245. The normalized spacial score (nSPS) is 16.8. The SMILES string of the molecule is Cc1c(C)c2c(c(C)c1OC(=O)CCC(=O)NC(CC(=O)NC(CC(=O)O)C(=O)O)C(=O)NC(CC(=O)O)C(=O)O)CC[C@](C)(CCCCC[C@H](C)CCC[C@H](C)CCCC(C)C)O2. The van der Waals surface area contributed by atoms with E-state index in [1.807, 2.05) is 31.4 Å². The highest BCUT2D eigenvalue weighted by atomic mass is 16.5. The molecule has 0 fully saturated rings. The maximum absolute atomic E-state index is 13.1. The predicted molar refractivity (Wildman–Crippen MR) is 237 cm³/mol. The molecule has 2 rings (SSSR count). The molecule has 360 valence electrons. The highest BCUT2D eigenvalue weighted by Crippen LogP contribution is 2.45. The third-order valence-corrected chi connectivity index (χ3v) is 12.2. The molecule has 1 aliphatic rings. The molecule has 3 amide bonds. The van der Waals surface area contributed by atoms with Gasteiger partial charge < -0.3 is 45.9 Å². The topological polar surface area (TPSA) is 272 Å². The van der Waals surface area contributed by atoms with E-state index < -0.39 is 97.8 Å². The van der Waals surface area contributed by atoms with Crippen molar-refractivity contribution < 1.29 is 68.3 Å². The van der Waals surface area contributed by atoms with Gasteiger partial charge in [0.05, 0.1) is 25.7 Å². The Balaban J connectivity index is 2.00. The number of amides is 3. The zero-order chi connectivity index (χ0) is 48.3. The van der Waals surface area contributed by atoms with E-state index >= 15 is 0 Å². The molecule has 1 aromatic carbocycles. The predicted octanol–water partition coefficient (Wildman–Crippen LogP) is 6.56. The lowest BCUT2D eigenvalue weighted by molar-refractivity contribution is -0.148. The van der Waals surface area contributed by atoms with Crippen LogP contribution in [0, 0.1) is 38.5 Å². The molecule has 17 heteroatoms. The lowest BCUT2D eigenvalue weighted by Crippen LogP contribution is -2.54. The second kappa shape index (κ2) is 26.5. The number of unbranched alkanes of at least 4 members (excludes halogenated alkanes) is 2. The minimum absolute atomic E-state index is 0.337. The number of carbonyl (C=O) groups excluding carboxylic acids is 4. The molecular weight excluding hydrogens is 831 g/mol. The number of hydrogen-bond acceptors (Lipinski definition) is 10. The lowest BCUT2D eigenvalue weighted by Gasteiger charge is -2.38. The molecule has 0 saturated carbocycles. The number of rotatable bonds is 30.